The van der Waals surface area contributed by atoms with Crippen LogP contribution in [0.4, 0.5) is 5.69 Å². The van der Waals surface area contributed by atoms with Crippen LogP contribution in [0.1, 0.15) is 24.2 Å². The van der Waals surface area contributed by atoms with Crippen LogP contribution in [0.2, 0.25) is 0 Å². The van der Waals surface area contributed by atoms with Gasteiger partial charge in [-0.25, -0.2) is 4.98 Å². The molecule has 1 amide bonds. The van der Waals surface area contributed by atoms with Crippen molar-refractivity contribution < 1.29 is 14.3 Å². The highest BCUT2D eigenvalue weighted by Gasteiger charge is 2.31. The van der Waals surface area contributed by atoms with Gasteiger partial charge in [0, 0.05) is 45.0 Å². The van der Waals surface area contributed by atoms with Crippen molar-refractivity contribution >= 4 is 22.6 Å². The summed E-state index contributed by atoms with van der Waals surface area (Å²) in [7, 11) is 3.38. The molecule has 2 fully saturated rings. The van der Waals surface area contributed by atoms with Gasteiger partial charge in [-0.3, -0.25) is 9.69 Å². The number of fused-ring (bicyclic) bond motifs is 1. The predicted molar refractivity (Wildman–Crippen MR) is 162 cm³/mol. The van der Waals surface area contributed by atoms with Crippen molar-refractivity contribution in [2.75, 3.05) is 58.4 Å². The van der Waals surface area contributed by atoms with Crippen LogP contribution >= 0.6 is 0 Å². The Hall–Kier alpha value is -4.04. The summed E-state index contributed by atoms with van der Waals surface area (Å²) in [6, 6.07) is 24.8. The lowest BCUT2D eigenvalue weighted by Crippen LogP contribution is -2.52. The Labute approximate surface area is 242 Å². The van der Waals surface area contributed by atoms with Crippen molar-refractivity contribution in [1.29, 1.82) is 0 Å². The predicted octanol–water partition coefficient (Wildman–Crippen LogP) is 4.66. The molecular formula is C33H39N5O3. The second-order valence-electron chi connectivity index (χ2n) is 11.0. The molecule has 8 nitrogen and oxygen atoms in total. The number of ether oxygens (including phenoxy) is 2. The van der Waals surface area contributed by atoms with Gasteiger partial charge in [0.2, 0.25) is 5.91 Å². The molecular weight excluding hydrogens is 514 g/mol. The number of nitrogens with zero attached hydrogens (tertiary/aromatic N) is 5. The van der Waals surface area contributed by atoms with Crippen LogP contribution < -0.4 is 14.4 Å². The number of para-hydroxylation sites is 2. The van der Waals surface area contributed by atoms with E-state index in [2.05, 4.69) is 61.7 Å². The zero-order valence-electron chi connectivity index (χ0n) is 24.0. The largest absolute Gasteiger partial charge is 0.497 e. The van der Waals surface area contributed by atoms with Crippen molar-refractivity contribution in [3.8, 4) is 11.5 Å². The molecule has 0 radical (unpaired) electrons. The summed E-state index contributed by atoms with van der Waals surface area (Å²) in [5, 5.41) is 0. The van der Waals surface area contributed by atoms with Gasteiger partial charge >= 0.3 is 0 Å². The SMILES string of the molecule is COc1ccc(Cn2c(CN3CCC[C@@H](C(=O)N4CCN(c5ccc(OC)cc5)CC4)C3)nc3ccccc32)cc1. The first-order valence-electron chi connectivity index (χ1n) is 14.6. The molecule has 3 heterocycles. The van der Waals surface area contributed by atoms with E-state index in [1.54, 1.807) is 14.2 Å². The highest BCUT2D eigenvalue weighted by atomic mass is 16.5. The van der Waals surface area contributed by atoms with Crippen LogP contribution in [-0.4, -0.2) is 78.7 Å². The smallest absolute Gasteiger partial charge is 0.227 e. The summed E-state index contributed by atoms with van der Waals surface area (Å²) < 4.78 is 13.0. The van der Waals surface area contributed by atoms with Crippen molar-refractivity contribution in [1.82, 2.24) is 19.4 Å². The second kappa shape index (κ2) is 12.2. The lowest BCUT2D eigenvalue weighted by molar-refractivity contribution is -0.137. The first-order chi connectivity index (χ1) is 20.1. The monoisotopic (exact) mass is 553 g/mol. The molecule has 0 spiro atoms. The van der Waals surface area contributed by atoms with E-state index in [1.165, 1.54) is 11.3 Å². The Morgan fingerprint density at radius 3 is 2.22 bits per heavy atom. The van der Waals surface area contributed by atoms with Crippen LogP contribution in [0.25, 0.3) is 11.0 Å². The van der Waals surface area contributed by atoms with Gasteiger partial charge in [0.05, 0.1) is 37.7 Å². The molecule has 0 saturated carbocycles. The number of amides is 1. The number of piperazine rings is 1. The van der Waals surface area contributed by atoms with Gasteiger partial charge in [-0.1, -0.05) is 24.3 Å². The molecule has 0 unspecified atom stereocenters. The number of carbonyl (C=O) groups is 1. The average Bonchev–Trinajstić information content (AvgIpc) is 3.37. The normalized spacial score (nSPS) is 18.0. The van der Waals surface area contributed by atoms with Gasteiger partial charge in [-0.15, -0.1) is 0 Å². The summed E-state index contributed by atoms with van der Waals surface area (Å²) in [6.45, 7) is 6.48. The Balaban J connectivity index is 1.10. The lowest BCUT2D eigenvalue weighted by atomic mass is 9.96. The molecule has 4 aromatic rings. The summed E-state index contributed by atoms with van der Waals surface area (Å²) in [6.07, 6.45) is 1.98. The average molecular weight is 554 g/mol. The molecule has 8 heteroatoms. The van der Waals surface area contributed by atoms with E-state index in [4.69, 9.17) is 14.5 Å². The van der Waals surface area contributed by atoms with Crippen LogP contribution in [0.15, 0.2) is 72.8 Å². The van der Waals surface area contributed by atoms with E-state index in [0.29, 0.717) is 5.91 Å². The minimum Gasteiger partial charge on any atom is -0.497 e. The molecule has 2 saturated heterocycles. The third-order valence-electron chi connectivity index (χ3n) is 8.48. The maximum Gasteiger partial charge on any atom is 0.227 e. The summed E-state index contributed by atoms with van der Waals surface area (Å²) in [4.78, 5) is 25.5. The van der Waals surface area contributed by atoms with Gasteiger partial charge < -0.3 is 23.8 Å². The molecule has 2 aliphatic heterocycles. The maximum absolute atomic E-state index is 13.6. The fraction of sp³-hybridized carbons (Fsp3) is 0.394. The fourth-order valence-electron chi connectivity index (χ4n) is 6.17. The number of methoxy groups -OCH3 is 2. The number of aromatic nitrogens is 2. The molecule has 1 atom stereocenters. The van der Waals surface area contributed by atoms with Crippen LogP contribution in [0, 0.1) is 5.92 Å². The first kappa shape index (κ1) is 27.1. The zero-order chi connectivity index (χ0) is 28.2. The molecule has 41 heavy (non-hydrogen) atoms. The highest BCUT2D eigenvalue weighted by molar-refractivity contribution is 5.79. The molecule has 214 valence electrons. The van der Waals surface area contributed by atoms with Crippen molar-refractivity contribution in [2.24, 2.45) is 5.92 Å². The van der Waals surface area contributed by atoms with E-state index < -0.39 is 0 Å². The Bertz CT molecular complexity index is 1460. The molecule has 0 bridgehead atoms. The van der Waals surface area contributed by atoms with Crippen LogP contribution in [0.5, 0.6) is 11.5 Å². The van der Waals surface area contributed by atoms with Gasteiger partial charge in [0.25, 0.3) is 0 Å². The topological polar surface area (TPSA) is 63.1 Å². The quantitative estimate of drug-likeness (QED) is 0.316. The molecule has 3 aromatic carbocycles. The Morgan fingerprint density at radius 2 is 1.51 bits per heavy atom. The number of anilines is 1. The van der Waals surface area contributed by atoms with E-state index in [1.807, 2.05) is 30.3 Å². The van der Waals surface area contributed by atoms with Gasteiger partial charge in [0.1, 0.15) is 17.3 Å². The molecule has 2 aliphatic rings. The minimum atomic E-state index is 0.0377. The van der Waals surface area contributed by atoms with E-state index >= 15 is 0 Å². The van der Waals surface area contributed by atoms with Gasteiger partial charge in [-0.2, -0.15) is 0 Å². The summed E-state index contributed by atoms with van der Waals surface area (Å²) in [5.41, 5.74) is 4.53. The molecule has 0 N–H and O–H groups in total. The van der Waals surface area contributed by atoms with Crippen LogP contribution in [0.3, 0.4) is 0 Å². The third-order valence-corrected chi connectivity index (χ3v) is 8.48. The minimum absolute atomic E-state index is 0.0377. The summed E-state index contributed by atoms with van der Waals surface area (Å²) >= 11 is 0. The van der Waals surface area contributed by atoms with E-state index in [-0.39, 0.29) is 5.92 Å². The number of piperidine rings is 1. The van der Waals surface area contributed by atoms with Crippen LogP contribution in [-0.2, 0) is 17.9 Å². The first-order valence-corrected chi connectivity index (χ1v) is 14.6. The molecule has 0 aliphatic carbocycles. The maximum atomic E-state index is 13.6. The second-order valence-corrected chi connectivity index (χ2v) is 11.0. The van der Waals surface area contributed by atoms with Crippen molar-refractivity contribution in [3.63, 3.8) is 0 Å². The molecule has 1 aromatic heterocycles. The van der Waals surface area contributed by atoms with Gasteiger partial charge in [0.15, 0.2) is 0 Å². The number of hydrogen-bond donors (Lipinski definition) is 0. The van der Waals surface area contributed by atoms with Crippen molar-refractivity contribution in [3.05, 3.63) is 84.2 Å². The van der Waals surface area contributed by atoms with Crippen molar-refractivity contribution in [2.45, 2.75) is 25.9 Å². The number of rotatable bonds is 8. The highest BCUT2D eigenvalue weighted by Crippen LogP contribution is 2.26. The standard InChI is InChI=1S/C33H39N5O3/c1-40-28-13-9-25(10-14-28)22-38-31-8-4-3-7-30(31)34-32(38)24-35-17-5-6-26(23-35)33(39)37-20-18-36(19-21-37)27-11-15-29(41-2)16-12-27/h3-4,7-16,26H,5-6,17-24H2,1-2H3/t26-/m1/s1. The zero-order valence-corrected chi connectivity index (χ0v) is 24.0. The Kier molecular flexibility index (Phi) is 8.09. The number of benzene rings is 3. The number of carbonyl (C=O) groups excluding carboxylic acids is 1. The van der Waals surface area contributed by atoms with E-state index in [9.17, 15) is 4.79 Å². The summed E-state index contributed by atoms with van der Waals surface area (Å²) in [5.74, 6) is 3.10. The van der Waals surface area contributed by atoms with E-state index in [0.717, 1.165) is 93.6 Å². The lowest BCUT2D eigenvalue weighted by Gasteiger charge is -2.39. The third kappa shape index (κ3) is 6.03. The number of hydrogen-bond acceptors (Lipinski definition) is 6. The Morgan fingerprint density at radius 1 is 0.829 bits per heavy atom. The molecule has 6 rings (SSSR count). The number of imidazole rings is 1. The fourth-order valence-corrected chi connectivity index (χ4v) is 6.17. The number of likely N-dealkylation sites (tertiary alicyclic amines) is 1. The van der Waals surface area contributed by atoms with Gasteiger partial charge in [-0.05, 0) is 73.5 Å².